The zero-order valence-electron chi connectivity index (χ0n) is 11.5. The van der Waals surface area contributed by atoms with E-state index in [0.29, 0.717) is 3.70 Å². The first kappa shape index (κ1) is 17.0. The van der Waals surface area contributed by atoms with E-state index < -0.39 is 23.5 Å². The molecule has 0 amide bonds. The average molecular weight is 457 g/mol. The minimum atomic E-state index is -4.67. The number of imidazole rings is 1. The molecule has 2 aromatic heterocycles. The quantitative estimate of drug-likeness (QED) is 0.379. The van der Waals surface area contributed by atoms with Gasteiger partial charge >= 0.3 is 12.4 Å². The van der Waals surface area contributed by atoms with Crippen molar-refractivity contribution in [3.8, 4) is 11.3 Å². The summed E-state index contributed by atoms with van der Waals surface area (Å²) in [5, 5.41) is 4.04. The molecule has 0 aliphatic heterocycles. The summed E-state index contributed by atoms with van der Waals surface area (Å²) in [7, 11) is 0. The first-order chi connectivity index (χ1) is 11.1. The third-order valence-corrected chi connectivity index (χ3v) is 3.97. The Labute approximate surface area is 144 Å². The lowest BCUT2D eigenvalue weighted by atomic mass is 10.1. The number of hydrogen-bond donors (Lipinski definition) is 0. The van der Waals surface area contributed by atoms with Crippen molar-refractivity contribution in [3.05, 3.63) is 51.4 Å². The molecule has 0 fully saturated rings. The Morgan fingerprint density at radius 2 is 1.54 bits per heavy atom. The molecular weight excluding hydrogens is 451 g/mol. The first-order valence-electron chi connectivity index (χ1n) is 6.36. The van der Waals surface area contributed by atoms with Crippen LogP contribution in [0.2, 0.25) is 0 Å². The topological polar surface area (TPSA) is 30.2 Å². The first-order valence-corrected chi connectivity index (χ1v) is 7.44. The van der Waals surface area contributed by atoms with Crippen LogP contribution in [0.5, 0.6) is 0 Å². The van der Waals surface area contributed by atoms with E-state index in [9.17, 15) is 26.3 Å². The molecule has 0 N–H and O–H groups in total. The molecule has 0 unspecified atom stereocenters. The van der Waals surface area contributed by atoms with Gasteiger partial charge in [0.1, 0.15) is 9.26 Å². The molecular formula is C14H6F6IN3. The number of hydrogen-bond acceptors (Lipinski definition) is 2. The molecule has 3 nitrogen and oxygen atoms in total. The summed E-state index contributed by atoms with van der Waals surface area (Å²) in [5.41, 5.74) is -2.21. The second kappa shape index (κ2) is 5.60. The summed E-state index contributed by atoms with van der Waals surface area (Å²) in [6.45, 7) is 0. The highest BCUT2D eigenvalue weighted by atomic mass is 127. The van der Waals surface area contributed by atoms with Crippen LogP contribution in [0.1, 0.15) is 11.1 Å². The molecule has 0 aliphatic rings. The van der Waals surface area contributed by atoms with E-state index in [1.165, 1.54) is 6.20 Å². The number of nitrogens with zero attached hydrogens (tertiary/aromatic N) is 3. The molecule has 10 heteroatoms. The van der Waals surface area contributed by atoms with Crippen molar-refractivity contribution in [3.63, 3.8) is 0 Å². The molecule has 0 radical (unpaired) electrons. The molecule has 24 heavy (non-hydrogen) atoms. The molecule has 3 rings (SSSR count). The number of benzene rings is 1. The third kappa shape index (κ3) is 3.06. The Morgan fingerprint density at radius 1 is 0.917 bits per heavy atom. The minimum Gasteiger partial charge on any atom is -0.234 e. The van der Waals surface area contributed by atoms with E-state index >= 15 is 0 Å². The smallest absolute Gasteiger partial charge is 0.234 e. The van der Waals surface area contributed by atoms with E-state index in [1.807, 2.05) is 0 Å². The highest BCUT2D eigenvalue weighted by Crippen LogP contribution is 2.35. The molecule has 1 aromatic carbocycles. The molecule has 0 saturated heterocycles. The molecule has 126 valence electrons. The van der Waals surface area contributed by atoms with Gasteiger partial charge in [-0.2, -0.15) is 31.4 Å². The maximum absolute atomic E-state index is 13.2. The number of aromatic nitrogens is 3. The molecule has 0 bridgehead atoms. The number of fused-ring (bicyclic) bond motifs is 1. The Morgan fingerprint density at radius 3 is 2.08 bits per heavy atom. The fourth-order valence-electron chi connectivity index (χ4n) is 2.12. The Balaban J connectivity index is 2.18. The zero-order valence-corrected chi connectivity index (χ0v) is 13.6. The van der Waals surface area contributed by atoms with Crippen molar-refractivity contribution >= 4 is 28.2 Å². The SMILES string of the molecule is FC(F)(F)c1ccc(-c2cc(C(F)(F)F)c3ncc(I)n3n2)cc1. The van der Waals surface area contributed by atoms with E-state index in [0.717, 1.165) is 34.8 Å². The van der Waals surface area contributed by atoms with Gasteiger partial charge in [0.15, 0.2) is 5.65 Å². The molecule has 0 spiro atoms. The van der Waals surface area contributed by atoms with Gasteiger partial charge in [-0.15, -0.1) is 0 Å². The van der Waals surface area contributed by atoms with Gasteiger partial charge in [-0.1, -0.05) is 12.1 Å². The summed E-state index contributed by atoms with van der Waals surface area (Å²) in [5.74, 6) is 0. The van der Waals surface area contributed by atoms with Crippen LogP contribution < -0.4 is 0 Å². The van der Waals surface area contributed by atoms with Crippen molar-refractivity contribution in [1.29, 1.82) is 0 Å². The van der Waals surface area contributed by atoms with Gasteiger partial charge in [0.25, 0.3) is 0 Å². The third-order valence-electron chi connectivity index (χ3n) is 3.24. The molecule has 0 saturated carbocycles. The fraction of sp³-hybridized carbons (Fsp3) is 0.143. The van der Waals surface area contributed by atoms with Gasteiger partial charge in [-0.25, -0.2) is 9.50 Å². The summed E-state index contributed by atoms with van der Waals surface area (Å²) in [6, 6.07) is 4.55. The summed E-state index contributed by atoms with van der Waals surface area (Å²) < 4.78 is 78.7. The van der Waals surface area contributed by atoms with Crippen molar-refractivity contribution < 1.29 is 26.3 Å². The lowest BCUT2D eigenvalue weighted by Crippen LogP contribution is -2.11. The van der Waals surface area contributed by atoms with Crippen LogP contribution in [0.4, 0.5) is 26.3 Å². The van der Waals surface area contributed by atoms with Crippen LogP contribution in [-0.4, -0.2) is 14.6 Å². The maximum atomic E-state index is 13.2. The predicted octanol–water partition coefficient (Wildman–Crippen LogP) is 5.04. The number of rotatable bonds is 1. The second-order valence-electron chi connectivity index (χ2n) is 4.83. The predicted molar refractivity (Wildman–Crippen MR) is 81.1 cm³/mol. The fourth-order valence-corrected chi connectivity index (χ4v) is 2.60. The van der Waals surface area contributed by atoms with E-state index in [1.54, 1.807) is 22.6 Å². The minimum absolute atomic E-state index is 0.0977. The average Bonchev–Trinajstić information content (AvgIpc) is 2.86. The normalized spacial score (nSPS) is 12.8. The largest absolute Gasteiger partial charge is 0.420 e. The van der Waals surface area contributed by atoms with Crippen LogP contribution in [-0.2, 0) is 12.4 Å². The van der Waals surface area contributed by atoms with Gasteiger partial charge in [-0.3, -0.25) is 0 Å². The van der Waals surface area contributed by atoms with Crippen LogP contribution >= 0.6 is 22.6 Å². The van der Waals surface area contributed by atoms with Crippen LogP contribution in [0, 0.1) is 3.70 Å². The lowest BCUT2D eigenvalue weighted by Gasteiger charge is -2.11. The Kier molecular flexibility index (Phi) is 3.97. The Hall–Kier alpha value is -1.85. The van der Waals surface area contributed by atoms with Crippen molar-refractivity contribution in [1.82, 2.24) is 14.6 Å². The lowest BCUT2D eigenvalue weighted by molar-refractivity contribution is -0.138. The van der Waals surface area contributed by atoms with E-state index in [-0.39, 0.29) is 16.9 Å². The van der Waals surface area contributed by atoms with Crippen LogP contribution in [0.25, 0.3) is 16.9 Å². The highest BCUT2D eigenvalue weighted by molar-refractivity contribution is 14.1. The highest BCUT2D eigenvalue weighted by Gasteiger charge is 2.35. The van der Waals surface area contributed by atoms with E-state index in [2.05, 4.69) is 10.1 Å². The van der Waals surface area contributed by atoms with E-state index in [4.69, 9.17) is 0 Å². The second-order valence-corrected chi connectivity index (χ2v) is 5.94. The zero-order chi connectivity index (χ0) is 17.7. The van der Waals surface area contributed by atoms with Gasteiger partial charge in [0, 0.05) is 5.56 Å². The van der Waals surface area contributed by atoms with Gasteiger partial charge in [0.2, 0.25) is 0 Å². The maximum Gasteiger partial charge on any atom is 0.420 e. The molecule has 0 atom stereocenters. The molecule has 0 aliphatic carbocycles. The summed E-state index contributed by atoms with van der Waals surface area (Å²) in [4.78, 5) is 3.69. The Bertz CT molecular complexity index is 896. The van der Waals surface area contributed by atoms with Crippen molar-refractivity contribution in [2.75, 3.05) is 0 Å². The summed E-state index contributed by atoms with van der Waals surface area (Å²) in [6.07, 6.45) is -7.96. The van der Waals surface area contributed by atoms with Crippen LogP contribution in [0.3, 0.4) is 0 Å². The van der Waals surface area contributed by atoms with Crippen molar-refractivity contribution in [2.24, 2.45) is 0 Å². The molecule has 2 heterocycles. The number of halogens is 7. The van der Waals surface area contributed by atoms with Crippen molar-refractivity contribution in [2.45, 2.75) is 12.4 Å². The van der Waals surface area contributed by atoms with Gasteiger partial charge in [-0.05, 0) is 40.8 Å². The summed E-state index contributed by atoms with van der Waals surface area (Å²) >= 11 is 1.77. The number of alkyl halides is 6. The van der Waals surface area contributed by atoms with Gasteiger partial charge in [0.05, 0.1) is 17.5 Å². The standard InChI is InChI=1S/C14H6F6IN3/c15-13(16,17)8-3-1-7(2-4-8)10-5-9(14(18,19)20)12-22-6-11(21)24(12)23-10/h1-6H. The van der Waals surface area contributed by atoms with Crippen LogP contribution in [0.15, 0.2) is 36.5 Å². The monoisotopic (exact) mass is 457 g/mol. The van der Waals surface area contributed by atoms with Gasteiger partial charge < -0.3 is 0 Å². The molecule has 3 aromatic rings.